The lowest BCUT2D eigenvalue weighted by molar-refractivity contribution is -0.0438. The zero-order valence-electron chi connectivity index (χ0n) is 10.1. The molecule has 0 N–H and O–H groups in total. The SMILES string of the molecule is CC(OC(=O)c1cccc2ccccc12)C(F)(F)S. The molecule has 0 aliphatic rings. The maximum absolute atomic E-state index is 12.9. The largest absolute Gasteiger partial charge is 0.452 e. The minimum Gasteiger partial charge on any atom is -0.452 e. The van der Waals surface area contributed by atoms with Gasteiger partial charge in [-0.15, -0.1) is 12.6 Å². The molecule has 19 heavy (non-hydrogen) atoms. The molecule has 100 valence electrons. The van der Waals surface area contributed by atoms with Gasteiger partial charge in [0.15, 0.2) is 6.10 Å². The third kappa shape index (κ3) is 3.04. The molecule has 0 aliphatic heterocycles. The van der Waals surface area contributed by atoms with E-state index in [0.29, 0.717) is 5.39 Å². The Morgan fingerprint density at radius 2 is 1.84 bits per heavy atom. The number of esters is 1. The Morgan fingerprint density at radius 1 is 1.21 bits per heavy atom. The fraction of sp³-hybridized carbons (Fsp3) is 0.214. The summed E-state index contributed by atoms with van der Waals surface area (Å²) in [5, 5.41) is -1.84. The molecule has 0 saturated carbocycles. The van der Waals surface area contributed by atoms with Crippen molar-refractivity contribution in [2.45, 2.75) is 18.3 Å². The van der Waals surface area contributed by atoms with Gasteiger partial charge in [0.25, 0.3) is 0 Å². The number of carbonyl (C=O) groups is 1. The van der Waals surface area contributed by atoms with E-state index >= 15 is 0 Å². The Bertz CT molecular complexity index is 602. The van der Waals surface area contributed by atoms with Crippen molar-refractivity contribution in [1.29, 1.82) is 0 Å². The molecule has 0 spiro atoms. The van der Waals surface area contributed by atoms with E-state index in [2.05, 4.69) is 12.6 Å². The van der Waals surface area contributed by atoms with Crippen LogP contribution in [-0.2, 0) is 4.74 Å². The van der Waals surface area contributed by atoms with Gasteiger partial charge in [-0.25, -0.2) is 4.79 Å². The number of fused-ring (bicyclic) bond motifs is 1. The normalized spacial score (nSPS) is 13.3. The second-order valence-corrected chi connectivity index (χ2v) is 4.76. The molecule has 0 heterocycles. The number of alkyl halides is 2. The number of hydrogen-bond acceptors (Lipinski definition) is 3. The standard InChI is InChI=1S/C14H12F2O2S/c1-9(14(15,16)19)18-13(17)12-8-4-6-10-5-2-3-7-11(10)12/h2-9,19H,1H3. The lowest BCUT2D eigenvalue weighted by Gasteiger charge is -2.19. The molecule has 0 fully saturated rings. The van der Waals surface area contributed by atoms with Gasteiger partial charge in [-0.3, -0.25) is 0 Å². The molecular formula is C14H12F2O2S. The van der Waals surface area contributed by atoms with Crippen molar-refractivity contribution in [1.82, 2.24) is 0 Å². The summed E-state index contributed by atoms with van der Waals surface area (Å²) in [6.07, 6.45) is -1.60. The number of ether oxygens (including phenoxy) is 1. The second kappa shape index (κ2) is 5.17. The summed E-state index contributed by atoms with van der Waals surface area (Å²) in [6.45, 7) is 1.11. The number of carbonyl (C=O) groups excluding carboxylic acids is 1. The molecule has 5 heteroatoms. The highest BCUT2D eigenvalue weighted by Gasteiger charge is 2.35. The molecule has 2 rings (SSSR count). The molecule has 1 atom stereocenters. The molecular weight excluding hydrogens is 270 g/mol. The van der Waals surface area contributed by atoms with E-state index in [1.165, 1.54) is 0 Å². The first-order valence-electron chi connectivity index (χ1n) is 5.68. The van der Waals surface area contributed by atoms with Crippen LogP contribution in [0.1, 0.15) is 17.3 Å². The smallest absolute Gasteiger partial charge is 0.339 e. The Hall–Kier alpha value is -1.62. The lowest BCUT2D eigenvalue weighted by Crippen LogP contribution is -2.30. The maximum atomic E-state index is 12.9. The van der Waals surface area contributed by atoms with Crippen LogP contribution < -0.4 is 0 Å². The zero-order valence-corrected chi connectivity index (χ0v) is 11.0. The predicted octanol–water partition coefficient (Wildman–Crippen LogP) is 3.91. The highest BCUT2D eigenvalue weighted by atomic mass is 32.1. The van der Waals surface area contributed by atoms with Crippen molar-refractivity contribution in [3.8, 4) is 0 Å². The van der Waals surface area contributed by atoms with Gasteiger partial charge in [0.05, 0.1) is 5.56 Å². The highest BCUT2D eigenvalue weighted by Crippen LogP contribution is 2.27. The monoisotopic (exact) mass is 282 g/mol. The van der Waals surface area contributed by atoms with Gasteiger partial charge in [0.1, 0.15) is 0 Å². The van der Waals surface area contributed by atoms with Crippen LogP contribution in [0.4, 0.5) is 8.78 Å². The fourth-order valence-corrected chi connectivity index (χ4v) is 1.75. The van der Waals surface area contributed by atoms with Gasteiger partial charge in [-0.05, 0) is 23.8 Å². The van der Waals surface area contributed by atoms with E-state index in [-0.39, 0.29) is 5.56 Å². The molecule has 2 aromatic rings. The second-order valence-electron chi connectivity index (χ2n) is 4.16. The van der Waals surface area contributed by atoms with Crippen LogP contribution in [0.5, 0.6) is 0 Å². The van der Waals surface area contributed by atoms with Gasteiger partial charge in [-0.2, -0.15) is 8.78 Å². The third-order valence-corrected chi connectivity index (χ3v) is 3.15. The minimum absolute atomic E-state index is 0.266. The molecule has 0 bridgehead atoms. The van der Waals surface area contributed by atoms with Crippen LogP contribution in [0.3, 0.4) is 0 Å². The van der Waals surface area contributed by atoms with Gasteiger partial charge >= 0.3 is 11.2 Å². The van der Waals surface area contributed by atoms with Crippen LogP contribution in [0.2, 0.25) is 0 Å². The van der Waals surface area contributed by atoms with E-state index in [9.17, 15) is 13.6 Å². The van der Waals surface area contributed by atoms with Gasteiger partial charge < -0.3 is 4.74 Å². The summed E-state index contributed by atoms with van der Waals surface area (Å²) in [6, 6.07) is 12.3. The van der Waals surface area contributed by atoms with E-state index in [0.717, 1.165) is 12.3 Å². The molecule has 0 aromatic heterocycles. The van der Waals surface area contributed by atoms with E-state index in [4.69, 9.17) is 4.74 Å². The van der Waals surface area contributed by atoms with E-state index in [1.807, 2.05) is 18.2 Å². The molecule has 0 amide bonds. The average Bonchev–Trinajstić information content (AvgIpc) is 2.36. The van der Waals surface area contributed by atoms with Crippen LogP contribution >= 0.6 is 12.6 Å². The molecule has 2 nitrogen and oxygen atoms in total. The maximum Gasteiger partial charge on any atom is 0.339 e. The summed E-state index contributed by atoms with van der Waals surface area (Å²) >= 11 is 3.10. The van der Waals surface area contributed by atoms with Crippen LogP contribution in [0.25, 0.3) is 10.8 Å². The number of hydrogen-bond donors (Lipinski definition) is 1. The Labute approximate surface area is 114 Å². The van der Waals surface area contributed by atoms with Crippen molar-refractivity contribution in [2.24, 2.45) is 0 Å². The Morgan fingerprint density at radius 3 is 2.53 bits per heavy atom. The van der Waals surface area contributed by atoms with Crippen molar-refractivity contribution in [3.63, 3.8) is 0 Å². The Balaban J connectivity index is 2.32. The first-order chi connectivity index (χ1) is 8.89. The average molecular weight is 282 g/mol. The number of halogens is 2. The van der Waals surface area contributed by atoms with E-state index < -0.39 is 17.3 Å². The summed E-state index contributed by atoms with van der Waals surface area (Å²) < 4.78 is 30.5. The first-order valence-corrected chi connectivity index (χ1v) is 6.13. The van der Waals surface area contributed by atoms with Gasteiger partial charge in [0.2, 0.25) is 0 Å². The molecule has 0 aliphatic carbocycles. The van der Waals surface area contributed by atoms with Gasteiger partial charge in [0, 0.05) is 0 Å². The van der Waals surface area contributed by atoms with Crippen molar-refractivity contribution < 1.29 is 18.3 Å². The van der Waals surface area contributed by atoms with Gasteiger partial charge in [-0.1, -0.05) is 36.4 Å². The first kappa shape index (κ1) is 13.8. The summed E-state index contributed by atoms with van der Waals surface area (Å²) in [5.41, 5.74) is 0.266. The zero-order chi connectivity index (χ0) is 14.0. The number of benzene rings is 2. The minimum atomic E-state index is -3.36. The topological polar surface area (TPSA) is 26.3 Å². The van der Waals surface area contributed by atoms with E-state index in [1.54, 1.807) is 24.3 Å². The van der Waals surface area contributed by atoms with Crippen LogP contribution in [0, 0.1) is 0 Å². The molecule has 0 radical (unpaired) electrons. The molecule has 1 unspecified atom stereocenters. The van der Waals surface area contributed by atoms with Crippen molar-refractivity contribution in [2.75, 3.05) is 0 Å². The number of rotatable bonds is 3. The number of thiol groups is 1. The molecule has 2 aromatic carbocycles. The molecule has 0 saturated heterocycles. The Kier molecular flexibility index (Phi) is 3.75. The van der Waals surface area contributed by atoms with Crippen LogP contribution in [0.15, 0.2) is 42.5 Å². The lowest BCUT2D eigenvalue weighted by atomic mass is 10.0. The predicted molar refractivity (Wildman–Crippen MR) is 72.8 cm³/mol. The highest BCUT2D eigenvalue weighted by molar-refractivity contribution is 7.81. The van der Waals surface area contributed by atoms with Crippen molar-refractivity contribution >= 4 is 29.4 Å². The quantitative estimate of drug-likeness (QED) is 0.682. The fourth-order valence-electron chi connectivity index (χ4n) is 1.70. The summed E-state index contributed by atoms with van der Waals surface area (Å²) in [4.78, 5) is 11.9. The van der Waals surface area contributed by atoms with Crippen LogP contribution in [-0.4, -0.2) is 17.3 Å². The summed E-state index contributed by atoms with van der Waals surface area (Å²) in [5.74, 6) is -0.780. The summed E-state index contributed by atoms with van der Waals surface area (Å²) in [7, 11) is 0. The third-order valence-electron chi connectivity index (χ3n) is 2.78. The van der Waals surface area contributed by atoms with Crippen molar-refractivity contribution in [3.05, 3.63) is 48.0 Å².